The summed E-state index contributed by atoms with van der Waals surface area (Å²) in [4.78, 5) is 16.5. The van der Waals surface area contributed by atoms with Crippen LogP contribution < -0.4 is 14.8 Å². The van der Waals surface area contributed by atoms with Crippen molar-refractivity contribution in [2.75, 3.05) is 19.0 Å². The third kappa shape index (κ3) is 3.61. The van der Waals surface area contributed by atoms with E-state index in [1.165, 1.54) is 6.39 Å². The van der Waals surface area contributed by atoms with Crippen LogP contribution in [0.5, 0.6) is 11.5 Å². The lowest BCUT2D eigenvalue weighted by Gasteiger charge is -2.25. The zero-order valence-corrected chi connectivity index (χ0v) is 15.3. The zero-order chi connectivity index (χ0) is 18.8. The molecular formula is C20H17ClN2O4. The van der Waals surface area contributed by atoms with E-state index in [1.807, 2.05) is 18.2 Å². The number of ether oxygens (including phenoxy) is 2. The highest BCUT2D eigenvalue weighted by Gasteiger charge is 2.26. The fraction of sp³-hybridized carbons (Fsp3) is 0.200. The fourth-order valence-corrected chi connectivity index (χ4v) is 3.33. The Kier molecular flexibility index (Phi) is 4.73. The van der Waals surface area contributed by atoms with Crippen molar-refractivity contribution in [2.45, 2.75) is 6.42 Å². The number of rotatable bonds is 4. The van der Waals surface area contributed by atoms with E-state index in [9.17, 15) is 4.79 Å². The van der Waals surface area contributed by atoms with Crippen LogP contribution in [-0.4, -0.2) is 24.6 Å². The van der Waals surface area contributed by atoms with Gasteiger partial charge in [-0.1, -0.05) is 11.6 Å². The standard InChI is InChI=1S/C20H17ClN2O4/c1-25-15-3-5-18-12(7-15)6-13(10-26-18)20(24)23-14-2-4-16(17(21)8-14)19-9-22-11-27-19/h2-5,7-9,11,13H,6,10H2,1H3,(H,23,24). The maximum atomic E-state index is 12.7. The van der Waals surface area contributed by atoms with Crippen LogP contribution in [0.3, 0.4) is 0 Å². The molecule has 3 aromatic rings. The number of oxazole rings is 1. The Bertz CT molecular complexity index is 972. The quantitative estimate of drug-likeness (QED) is 0.730. The average Bonchev–Trinajstić information content (AvgIpc) is 3.21. The van der Waals surface area contributed by atoms with Gasteiger partial charge in [0, 0.05) is 11.3 Å². The second kappa shape index (κ2) is 7.32. The summed E-state index contributed by atoms with van der Waals surface area (Å²) in [6.45, 7) is 0.328. The molecule has 7 heteroatoms. The van der Waals surface area contributed by atoms with Gasteiger partial charge < -0.3 is 19.2 Å². The number of carbonyl (C=O) groups is 1. The summed E-state index contributed by atoms with van der Waals surface area (Å²) in [5, 5.41) is 3.38. The maximum absolute atomic E-state index is 12.7. The minimum absolute atomic E-state index is 0.119. The molecule has 1 N–H and O–H groups in total. The molecule has 1 aliphatic heterocycles. The smallest absolute Gasteiger partial charge is 0.231 e. The number of aromatic nitrogens is 1. The van der Waals surface area contributed by atoms with Gasteiger partial charge in [-0.25, -0.2) is 4.98 Å². The largest absolute Gasteiger partial charge is 0.497 e. The van der Waals surface area contributed by atoms with Gasteiger partial charge >= 0.3 is 0 Å². The fourth-order valence-electron chi connectivity index (χ4n) is 3.05. The molecule has 0 radical (unpaired) electrons. The Hall–Kier alpha value is -2.99. The van der Waals surface area contributed by atoms with Crippen molar-refractivity contribution in [3.05, 3.63) is 59.6 Å². The molecule has 1 unspecified atom stereocenters. The molecule has 0 aliphatic carbocycles. The van der Waals surface area contributed by atoms with Crippen molar-refractivity contribution in [3.63, 3.8) is 0 Å². The predicted molar refractivity (Wildman–Crippen MR) is 101 cm³/mol. The normalized spacial score (nSPS) is 15.6. The van der Waals surface area contributed by atoms with Crippen LogP contribution in [0, 0.1) is 5.92 Å². The van der Waals surface area contributed by atoms with E-state index >= 15 is 0 Å². The van der Waals surface area contributed by atoms with Gasteiger partial charge in [0.15, 0.2) is 12.2 Å². The summed E-state index contributed by atoms with van der Waals surface area (Å²) in [6.07, 6.45) is 3.52. The Morgan fingerprint density at radius 1 is 1.30 bits per heavy atom. The van der Waals surface area contributed by atoms with E-state index in [0.717, 1.165) is 17.1 Å². The number of methoxy groups -OCH3 is 1. The Morgan fingerprint density at radius 2 is 2.19 bits per heavy atom. The average molecular weight is 385 g/mol. The predicted octanol–water partition coefficient (Wildman–Crippen LogP) is 4.19. The van der Waals surface area contributed by atoms with Crippen molar-refractivity contribution in [2.24, 2.45) is 5.92 Å². The SMILES string of the molecule is COc1ccc2c(c1)CC(C(=O)Nc1ccc(-c3cnco3)c(Cl)c1)CO2. The summed E-state index contributed by atoms with van der Waals surface area (Å²) in [7, 11) is 1.61. The van der Waals surface area contributed by atoms with Gasteiger partial charge in [-0.05, 0) is 48.4 Å². The lowest BCUT2D eigenvalue weighted by Crippen LogP contribution is -2.32. The minimum Gasteiger partial charge on any atom is -0.497 e. The van der Waals surface area contributed by atoms with Crippen LogP contribution in [0.4, 0.5) is 5.69 Å². The van der Waals surface area contributed by atoms with Gasteiger partial charge in [0.25, 0.3) is 0 Å². The number of hydrogen-bond acceptors (Lipinski definition) is 5. The second-order valence-electron chi connectivity index (χ2n) is 6.24. The molecule has 4 rings (SSSR count). The van der Waals surface area contributed by atoms with Gasteiger partial charge in [0.1, 0.15) is 18.1 Å². The topological polar surface area (TPSA) is 73.6 Å². The van der Waals surface area contributed by atoms with Crippen LogP contribution in [0.15, 0.2) is 53.4 Å². The summed E-state index contributed by atoms with van der Waals surface area (Å²) in [5.41, 5.74) is 2.29. The van der Waals surface area contributed by atoms with E-state index in [4.69, 9.17) is 25.5 Å². The molecule has 2 heterocycles. The molecule has 1 aliphatic rings. The summed E-state index contributed by atoms with van der Waals surface area (Å²) in [5.74, 6) is 1.70. The summed E-state index contributed by atoms with van der Waals surface area (Å²) < 4.78 is 16.2. The van der Waals surface area contributed by atoms with Gasteiger partial charge in [0.05, 0.1) is 24.2 Å². The lowest BCUT2D eigenvalue weighted by atomic mass is 9.95. The van der Waals surface area contributed by atoms with Crippen molar-refractivity contribution in [3.8, 4) is 22.8 Å². The number of fused-ring (bicyclic) bond motifs is 1. The monoisotopic (exact) mass is 384 g/mol. The first-order valence-electron chi connectivity index (χ1n) is 8.43. The highest BCUT2D eigenvalue weighted by Crippen LogP contribution is 2.32. The Balaban J connectivity index is 1.47. The number of anilines is 1. The van der Waals surface area contributed by atoms with Crippen molar-refractivity contribution < 1.29 is 18.7 Å². The van der Waals surface area contributed by atoms with Crippen molar-refractivity contribution in [1.82, 2.24) is 4.98 Å². The molecule has 0 saturated heterocycles. The van der Waals surface area contributed by atoms with Crippen LogP contribution >= 0.6 is 11.6 Å². The van der Waals surface area contributed by atoms with Crippen LogP contribution in [0.1, 0.15) is 5.56 Å². The minimum atomic E-state index is -0.294. The molecule has 0 saturated carbocycles. The first-order chi connectivity index (χ1) is 13.1. The van der Waals surface area contributed by atoms with Crippen molar-refractivity contribution >= 4 is 23.2 Å². The highest BCUT2D eigenvalue weighted by atomic mass is 35.5. The Labute approximate surface area is 161 Å². The van der Waals surface area contributed by atoms with E-state index in [1.54, 1.807) is 31.5 Å². The first kappa shape index (κ1) is 17.4. The molecule has 2 aromatic carbocycles. The number of hydrogen-bond donors (Lipinski definition) is 1. The molecule has 1 amide bonds. The van der Waals surface area contributed by atoms with Gasteiger partial charge in [-0.15, -0.1) is 0 Å². The highest BCUT2D eigenvalue weighted by molar-refractivity contribution is 6.33. The number of halogens is 1. The van der Waals surface area contributed by atoms with Crippen LogP contribution in [0.2, 0.25) is 5.02 Å². The summed E-state index contributed by atoms with van der Waals surface area (Å²) in [6, 6.07) is 10.9. The molecule has 0 spiro atoms. The molecule has 1 aromatic heterocycles. The van der Waals surface area contributed by atoms with E-state index < -0.39 is 0 Å². The third-order valence-electron chi connectivity index (χ3n) is 4.48. The lowest BCUT2D eigenvalue weighted by molar-refractivity contribution is -0.121. The van der Waals surface area contributed by atoms with Crippen LogP contribution in [0.25, 0.3) is 11.3 Å². The number of nitrogens with zero attached hydrogens (tertiary/aromatic N) is 1. The van der Waals surface area contributed by atoms with Crippen LogP contribution in [-0.2, 0) is 11.2 Å². The number of carbonyl (C=O) groups excluding carboxylic acids is 1. The van der Waals surface area contributed by atoms with Gasteiger partial charge in [-0.2, -0.15) is 0 Å². The number of benzene rings is 2. The summed E-state index contributed by atoms with van der Waals surface area (Å²) >= 11 is 6.31. The molecule has 6 nitrogen and oxygen atoms in total. The molecule has 138 valence electrons. The van der Waals surface area contributed by atoms with Gasteiger partial charge in [-0.3, -0.25) is 4.79 Å². The molecule has 0 fully saturated rings. The first-order valence-corrected chi connectivity index (χ1v) is 8.81. The Morgan fingerprint density at radius 3 is 2.93 bits per heavy atom. The zero-order valence-electron chi connectivity index (χ0n) is 14.6. The second-order valence-corrected chi connectivity index (χ2v) is 6.64. The maximum Gasteiger partial charge on any atom is 0.231 e. The number of nitrogens with one attached hydrogen (secondary N) is 1. The van der Waals surface area contributed by atoms with E-state index in [0.29, 0.717) is 35.1 Å². The third-order valence-corrected chi connectivity index (χ3v) is 4.79. The molecular weight excluding hydrogens is 368 g/mol. The van der Waals surface area contributed by atoms with Crippen molar-refractivity contribution in [1.29, 1.82) is 0 Å². The van der Waals surface area contributed by atoms with E-state index in [2.05, 4.69) is 10.3 Å². The van der Waals surface area contributed by atoms with E-state index in [-0.39, 0.29) is 11.8 Å². The molecule has 1 atom stereocenters. The molecule has 27 heavy (non-hydrogen) atoms. The molecule has 0 bridgehead atoms. The van der Waals surface area contributed by atoms with Gasteiger partial charge in [0.2, 0.25) is 5.91 Å². The number of amides is 1.